The second kappa shape index (κ2) is 37.6. The maximum Gasteiger partial charge on any atom is 0.263 e. The molecule has 18 atom stereocenters. The Morgan fingerprint density at radius 2 is 1.28 bits per heavy atom. The number of nitrogens with one attached hydrogen (secondary N) is 10. The summed E-state index contributed by atoms with van der Waals surface area (Å²) in [5.41, 5.74) is 7.92. The van der Waals surface area contributed by atoms with E-state index in [-0.39, 0.29) is 67.0 Å². The van der Waals surface area contributed by atoms with Crippen molar-refractivity contribution in [2.45, 2.75) is 161 Å². The number of rotatable bonds is 19. The number of likely N-dealkylation sites (N-methyl/N-ethyl adjacent to an activating group) is 1. The van der Waals surface area contributed by atoms with E-state index in [1.54, 1.807) is 13.8 Å². The fourth-order valence-electron chi connectivity index (χ4n) is 14.5. The third-order valence-corrected chi connectivity index (χ3v) is 23.5. The van der Waals surface area contributed by atoms with Gasteiger partial charge in [-0.1, -0.05) is 78.5 Å². The summed E-state index contributed by atoms with van der Waals surface area (Å²) in [6, 6.07) is 7.75. The number of ether oxygens (including phenoxy) is 6. The van der Waals surface area contributed by atoms with Crippen LogP contribution in [0.4, 0.5) is 11.4 Å². The van der Waals surface area contributed by atoms with Crippen LogP contribution in [0.15, 0.2) is 126 Å². The molecule has 3 unspecified atom stereocenters. The Bertz CT molecular complexity index is 5410. The summed E-state index contributed by atoms with van der Waals surface area (Å²) in [5.74, 6) is -17.0. The number of aromatic hydroxyl groups is 3. The molecule has 38 nitrogen and oxygen atoms in total. The van der Waals surface area contributed by atoms with E-state index in [1.165, 1.54) is 75.5 Å². The number of sulfonamides is 1. The van der Waals surface area contributed by atoms with Crippen molar-refractivity contribution in [2.75, 3.05) is 30.2 Å². The highest BCUT2D eigenvalue weighted by atomic mass is 35.5. The smallest absolute Gasteiger partial charge is 0.263 e. The summed E-state index contributed by atoms with van der Waals surface area (Å²) in [4.78, 5) is 134. The van der Waals surface area contributed by atoms with Crippen molar-refractivity contribution in [1.82, 2.24) is 42.5 Å². The van der Waals surface area contributed by atoms with Crippen LogP contribution in [0.1, 0.15) is 105 Å². The van der Waals surface area contributed by atoms with Gasteiger partial charge in [0.1, 0.15) is 100 Å². The Morgan fingerprint density at radius 1 is 0.667 bits per heavy atom. The molecule has 9 amide bonds. The Balaban J connectivity index is 1.01. The van der Waals surface area contributed by atoms with Crippen LogP contribution in [0.25, 0.3) is 11.1 Å². The van der Waals surface area contributed by atoms with E-state index in [4.69, 9.17) is 86.3 Å². The molecule has 2 fully saturated rings. The number of nitrogens with two attached hydrogens (primary N) is 2. The molecular formula is C80H86Cl4N12O26S. The molecule has 656 valence electrons. The van der Waals surface area contributed by atoms with Gasteiger partial charge in [0, 0.05) is 45.6 Å². The highest BCUT2D eigenvalue weighted by molar-refractivity contribution is 7.92. The van der Waals surface area contributed by atoms with E-state index in [0.717, 1.165) is 66.7 Å². The summed E-state index contributed by atoms with van der Waals surface area (Å²) in [7, 11) is -2.81. The van der Waals surface area contributed by atoms with Crippen molar-refractivity contribution < 1.29 is 126 Å². The van der Waals surface area contributed by atoms with Gasteiger partial charge in [-0.15, -0.1) is 0 Å². The molecule has 43 heteroatoms. The topological polar surface area (TPSA) is 598 Å². The molecule has 0 radical (unpaired) electrons. The van der Waals surface area contributed by atoms with Crippen molar-refractivity contribution in [3.05, 3.63) is 169 Å². The lowest BCUT2D eigenvalue weighted by molar-refractivity contribution is -0.333. The molecule has 14 rings (SSSR count). The Morgan fingerprint density at radius 3 is 1.89 bits per heavy atom. The van der Waals surface area contributed by atoms with Crippen LogP contribution in [0.2, 0.25) is 20.1 Å². The summed E-state index contributed by atoms with van der Waals surface area (Å²) in [5, 5.41) is 127. The SMILES string of the molecule is CN[C@H](CC(C)C)C(=O)N[C@H]1C(=O)N[C@@H](CC(N)=O)C(=O)NC2C(=O)N[C@H]3C(=O)N[C@H](C(=O)NC(C(=O)NCC(=O)Nc4ccc(NS(=O)(=O)c5ccc(Cl)cc5Cl)cc4)c4cc(O)cc(O)c4-c4cc3ccc4O)[C@H](O)c3ccc(c(Cl)c3)Oc3cc2cc(c3O[C@@H]2O[C@H](CO)[C@@H](O)[C@H](O)[C@H]2OC2C[C@](C)(N)[C@H](O)[C@H](C)O2)Oc2ccc(cc2Cl)[C@H]1O. The molecule has 2 saturated heterocycles. The molecule has 7 aromatic carbocycles. The zero-order valence-corrected chi connectivity index (χ0v) is 69.4. The first-order valence-corrected chi connectivity index (χ1v) is 41.0. The van der Waals surface area contributed by atoms with Crippen LogP contribution >= 0.6 is 46.4 Å². The van der Waals surface area contributed by atoms with E-state index in [2.05, 4.69) is 52.6 Å². The number of aliphatic hydroxyl groups is 6. The summed E-state index contributed by atoms with van der Waals surface area (Å²) in [6.45, 7) is 4.66. The predicted molar refractivity (Wildman–Crippen MR) is 437 cm³/mol. The van der Waals surface area contributed by atoms with Crippen molar-refractivity contribution >= 4 is 121 Å². The third-order valence-electron chi connectivity index (χ3n) is 20.8. The first-order valence-electron chi connectivity index (χ1n) is 38.0. The molecule has 7 heterocycles. The summed E-state index contributed by atoms with van der Waals surface area (Å²) in [6.07, 6.45) is -19.0. The highest BCUT2D eigenvalue weighted by Gasteiger charge is 2.52. The maximum absolute atomic E-state index is 16.3. The zero-order chi connectivity index (χ0) is 89.3. The van der Waals surface area contributed by atoms with Gasteiger partial charge >= 0.3 is 0 Å². The molecule has 7 aliphatic rings. The number of hydrogen-bond donors (Lipinski definition) is 21. The molecule has 7 aromatic rings. The average Bonchev–Trinajstić information content (AvgIpc) is 0.774. The molecule has 0 spiro atoms. The van der Waals surface area contributed by atoms with Gasteiger partial charge in [0.2, 0.25) is 65.2 Å². The number of anilines is 2. The number of halogens is 4. The van der Waals surface area contributed by atoms with Gasteiger partial charge in [-0.2, -0.15) is 0 Å². The Labute approximate surface area is 720 Å². The predicted octanol–water partition coefficient (Wildman–Crippen LogP) is 2.88. The summed E-state index contributed by atoms with van der Waals surface area (Å²) >= 11 is 26.4. The molecule has 0 aromatic heterocycles. The first-order chi connectivity index (χ1) is 58.1. The van der Waals surface area contributed by atoms with E-state index in [9.17, 15) is 73.6 Å². The number of primary amides is 1. The zero-order valence-electron chi connectivity index (χ0n) is 65.5. The van der Waals surface area contributed by atoms with Crippen LogP contribution in [-0.2, 0) is 67.4 Å². The second-order valence-corrected chi connectivity index (χ2v) is 33.7. The quantitative estimate of drug-likeness (QED) is 0.0553. The molecule has 7 aliphatic heterocycles. The minimum Gasteiger partial charge on any atom is -0.508 e. The number of aliphatic hydroxyl groups excluding tert-OH is 6. The molecule has 0 aliphatic carbocycles. The van der Waals surface area contributed by atoms with Crippen molar-refractivity contribution in [3.63, 3.8) is 0 Å². The minimum atomic E-state index is -4.27. The van der Waals surface area contributed by atoms with Gasteiger partial charge in [0.05, 0.1) is 52.9 Å². The lowest BCUT2D eigenvalue weighted by Gasteiger charge is -2.47. The number of phenolic OH excluding ortho intramolecular Hbond substituents is 3. The van der Waals surface area contributed by atoms with Crippen LogP contribution in [0.3, 0.4) is 0 Å². The van der Waals surface area contributed by atoms with Gasteiger partial charge in [-0.05, 0) is 158 Å². The van der Waals surface area contributed by atoms with Crippen molar-refractivity contribution in [2.24, 2.45) is 17.4 Å². The van der Waals surface area contributed by atoms with Gasteiger partial charge in [-0.3, -0.25) is 47.9 Å². The van der Waals surface area contributed by atoms with Gasteiger partial charge in [-0.25, -0.2) is 8.42 Å². The minimum absolute atomic E-state index is 0.0190. The normalized spacial score (nSPS) is 26.3. The lowest BCUT2D eigenvalue weighted by Crippen LogP contribution is -2.64. The molecule has 0 saturated carbocycles. The molecule has 11 bridgehead atoms. The number of carbonyl (C=O) groups is 9. The number of phenols is 3. The van der Waals surface area contributed by atoms with Crippen molar-refractivity contribution in [1.29, 1.82) is 0 Å². The Kier molecular flexibility index (Phi) is 27.9. The van der Waals surface area contributed by atoms with Gasteiger partial charge in [0.25, 0.3) is 10.0 Å². The first kappa shape index (κ1) is 91.3. The number of benzene rings is 7. The van der Waals surface area contributed by atoms with Crippen LogP contribution in [-0.4, -0.2) is 207 Å². The average molecular weight is 1810 g/mol. The van der Waals surface area contributed by atoms with Crippen molar-refractivity contribution in [3.8, 4) is 57.1 Å². The number of amides is 9. The number of carbonyl (C=O) groups excluding carboxylic acids is 9. The third kappa shape index (κ3) is 20.5. The monoisotopic (exact) mass is 1800 g/mol. The largest absolute Gasteiger partial charge is 0.508 e. The summed E-state index contributed by atoms with van der Waals surface area (Å²) < 4.78 is 67.4. The molecule has 23 N–H and O–H groups in total. The van der Waals surface area contributed by atoms with Gasteiger partial charge in [0.15, 0.2) is 23.9 Å². The second-order valence-electron chi connectivity index (χ2n) is 30.4. The fourth-order valence-corrected chi connectivity index (χ4v) is 16.8. The maximum atomic E-state index is 16.3. The van der Waals surface area contributed by atoms with Crippen LogP contribution in [0.5, 0.6) is 46.0 Å². The number of fused-ring (bicyclic) bond motifs is 15. The Hall–Kier alpha value is -11.0. The lowest BCUT2D eigenvalue weighted by atomic mass is 9.86. The fraction of sp³-hybridized carbons (Fsp3) is 0.362. The van der Waals surface area contributed by atoms with Crippen LogP contribution in [0, 0.1) is 5.92 Å². The van der Waals surface area contributed by atoms with E-state index in [1.807, 2.05) is 0 Å². The molecular weight excluding hydrogens is 1720 g/mol. The standard InChI is InChI=1S/C80H86Cl4N12O26S/c1-31(2)18-46(87-5)72(108)94-63-65(103)34-7-15-50(43(82)20-34)118-52-22-36-23-53(69(52)122-79-70(68(106)67(105)54(30-97)120-79)121-58-28-80(4,86)71(107)32(3)117-58)119-51-16-8-35(21-44(51)83)66(104)64-78(114)93-62(74(110)88-29-57(102)89-38-10-12-39(13-11-38)96-123(115,116)55-17-9-37(81)24-45(55)84)42-25-40(98)26-49(100)59(42)41-19-33(6-14-48(41)99)60(75(111)95-64)92-76(112)61(36)91-73(109)47(27-56(85)101)90-77(63)113/h6-17,19-26,31-32,46-47,54,58,60-68,70-71,79,87,96-100,103-107H,18,27-30,86H2,1-5H3,(H2,85,101)(H,88,110)(H,89,102)(H,90,113)(H,91,109)(H,92,112)(H,93,114)(H,94,108)(H,95,111)/t32-,46+,47-,54+,58?,60+,61?,62?,63+,64-,65+,66+,67+,68-,70+,71+,79-,80-/m0/s1. The van der Waals surface area contributed by atoms with E-state index in [0.29, 0.717) is 0 Å². The van der Waals surface area contributed by atoms with E-state index >= 15 is 24.0 Å². The van der Waals surface area contributed by atoms with Crippen LogP contribution < -0.4 is 78.3 Å². The number of hydrogen-bond acceptors (Lipinski definition) is 28. The highest BCUT2D eigenvalue weighted by Crippen LogP contribution is 2.50. The van der Waals surface area contributed by atoms with E-state index < -0.39 is 265 Å². The van der Waals surface area contributed by atoms with Gasteiger partial charge < -0.3 is 134 Å². The molecule has 123 heavy (non-hydrogen) atoms.